The van der Waals surface area contributed by atoms with E-state index >= 15 is 0 Å². The third kappa shape index (κ3) is 76.9. The van der Waals surface area contributed by atoms with Crippen molar-refractivity contribution in [3.63, 3.8) is 0 Å². The van der Waals surface area contributed by atoms with E-state index in [1.54, 1.807) is 0 Å². The van der Waals surface area contributed by atoms with Crippen LogP contribution in [0.1, 0.15) is 400 Å². The van der Waals surface area contributed by atoms with E-state index in [1.165, 1.54) is 199 Å². The summed E-state index contributed by atoms with van der Waals surface area (Å²) in [6, 6.07) is 0. The fourth-order valence-corrected chi connectivity index (χ4v) is 13.6. The molecule has 0 aliphatic carbocycles. The van der Waals surface area contributed by atoms with Crippen LogP contribution in [0.3, 0.4) is 0 Å². The molecular formula is C85H156O17P2. The number of carbonyl (C=O) groups excluding carboxylic acids is 4. The number of aliphatic hydroxyl groups is 1. The number of allylic oxidation sites excluding steroid dienone is 10. The van der Waals surface area contributed by atoms with Crippen molar-refractivity contribution in [3.05, 3.63) is 60.8 Å². The van der Waals surface area contributed by atoms with Crippen LogP contribution in [-0.4, -0.2) is 96.7 Å². The van der Waals surface area contributed by atoms with Gasteiger partial charge in [0.25, 0.3) is 0 Å². The zero-order valence-corrected chi connectivity index (χ0v) is 68.5. The molecule has 0 aromatic heterocycles. The van der Waals surface area contributed by atoms with Gasteiger partial charge in [-0.25, -0.2) is 9.13 Å². The zero-order valence-electron chi connectivity index (χ0n) is 66.7. The largest absolute Gasteiger partial charge is 0.472 e. The summed E-state index contributed by atoms with van der Waals surface area (Å²) in [5, 5.41) is 10.7. The number of rotatable bonds is 81. The molecule has 0 aromatic rings. The van der Waals surface area contributed by atoms with Gasteiger partial charge in [-0.15, -0.1) is 0 Å². The molecule has 104 heavy (non-hydrogen) atoms. The molecule has 0 saturated heterocycles. The number of hydrogen-bond acceptors (Lipinski definition) is 15. The molecule has 0 aliphatic heterocycles. The summed E-state index contributed by atoms with van der Waals surface area (Å²) < 4.78 is 68.7. The monoisotopic (exact) mass is 1510 g/mol. The Kier molecular flexibility index (Phi) is 75.5. The van der Waals surface area contributed by atoms with Gasteiger partial charge in [0.2, 0.25) is 0 Å². The van der Waals surface area contributed by atoms with Crippen molar-refractivity contribution in [2.75, 3.05) is 39.6 Å². The maximum atomic E-state index is 13.1. The Hall–Kier alpha value is -3.24. The minimum Gasteiger partial charge on any atom is -0.462 e. The second kappa shape index (κ2) is 77.9. The van der Waals surface area contributed by atoms with Crippen LogP contribution in [0.25, 0.3) is 0 Å². The van der Waals surface area contributed by atoms with E-state index in [2.05, 4.69) is 76.3 Å². The molecule has 0 aliphatic rings. The van der Waals surface area contributed by atoms with Crippen LogP contribution in [0.2, 0.25) is 0 Å². The number of unbranched alkanes of at least 4 members (excludes halogenated alkanes) is 45. The number of phosphoric ester groups is 2. The summed E-state index contributed by atoms with van der Waals surface area (Å²) in [6.07, 6.45) is 79.0. The van der Waals surface area contributed by atoms with Crippen LogP contribution in [0.15, 0.2) is 60.8 Å². The maximum Gasteiger partial charge on any atom is 0.472 e. The Morgan fingerprint density at radius 3 is 0.788 bits per heavy atom. The SMILES string of the molecule is CCCCC/C=C\C/C=C\C/C=C\C/C=C\CCCC(=O)OC[C@H](COP(=O)(O)OC[C@H](O)COP(=O)(O)OC[C@@H](COC(=O)CCCCCCC/C=C\CCCCCCCC)OC(=O)CCCCCCCCCCCCCCCCC)OC(=O)CCCCCCCCCCCCCCCCCCC. The van der Waals surface area contributed by atoms with E-state index < -0.39 is 97.5 Å². The highest BCUT2D eigenvalue weighted by molar-refractivity contribution is 7.47. The number of aliphatic hydroxyl groups excluding tert-OH is 1. The van der Waals surface area contributed by atoms with Crippen LogP contribution >= 0.6 is 15.6 Å². The highest BCUT2D eigenvalue weighted by atomic mass is 31.2. The average Bonchev–Trinajstić information content (AvgIpc) is 0.926. The Labute approximate surface area is 635 Å². The van der Waals surface area contributed by atoms with Gasteiger partial charge in [0.1, 0.15) is 19.3 Å². The van der Waals surface area contributed by atoms with Gasteiger partial charge in [0.15, 0.2) is 12.2 Å². The van der Waals surface area contributed by atoms with Gasteiger partial charge in [0.05, 0.1) is 26.4 Å². The molecule has 0 fully saturated rings. The molecule has 608 valence electrons. The number of phosphoric acid groups is 2. The van der Waals surface area contributed by atoms with Crippen LogP contribution in [0, 0.1) is 0 Å². The van der Waals surface area contributed by atoms with Gasteiger partial charge < -0.3 is 33.8 Å². The third-order valence-electron chi connectivity index (χ3n) is 18.5. The lowest BCUT2D eigenvalue weighted by molar-refractivity contribution is -0.161. The third-order valence-corrected chi connectivity index (χ3v) is 20.4. The van der Waals surface area contributed by atoms with Gasteiger partial charge >= 0.3 is 39.5 Å². The van der Waals surface area contributed by atoms with E-state index in [-0.39, 0.29) is 25.7 Å². The molecule has 2 unspecified atom stereocenters. The van der Waals surface area contributed by atoms with Crippen LogP contribution in [0.5, 0.6) is 0 Å². The van der Waals surface area contributed by atoms with Gasteiger partial charge in [-0.3, -0.25) is 37.3 Å². The highest BCUT2D eigenvalue weighted by Crippen LogP contribution is 2.45. The van der Waals surface area contributed by atoms with Crippen molar-refractivity contribution >= 4 is 39.5 Å². The van der Waals surface area contributed by atoms with Gasteiger partial charge in [-0.1, -0.05) is 345 Å². The predicted molar refractivity (Wildman–Crippen MR) is 427 cm³/mol. The molecule has 0 spiro atoms. The zero-order chi connectivity index (χ0) is 76.0. The van der Waals surface area contributed by atoms with E-state index in [4.69, 9.17) is 37.0 Å². The molecule has 3 N–H and O–H groups in total. The summed E-state index contributed by atoms with van der Waals surface area (Å²) in [7, 11) is -9.96. The van der Waals surface area contributed by atoms with Crippen molar-refractivity contribution in [1.29, 1.82) is 0 Å². The van der Waals surface area contributed by atoms with E-state index in [0.29, 0.717) is 32.1 Å². The fourth-order valence-electron chi connectivity index (χ4n) is 12.0. The quantitative estimate of drug-likeness (QED) is 0.0169. The molecule has 0 heterocycles. The number of ether oxygens (including phenoxy) is 4. The van der Waals surface area contributed by atoms with Gasteiger partial charge in [-0.2, -0.15) is 0 Å². The number of esters is 4. The first-order valence-electron chi connectivity index (χ1n) is 42.5. The highest BCUT2D eigenvalue weighted by Gasteiger charge is 2.30. The Bertz CT molecular complexity index is 2200. The van der Waals surface area contributed by atoms with Crippen LogP contribution in [-0.2, 0) is 65.4 Å². The molecule has 0 saturated carbocycles. The first-order valence-corrected chi connectivity index (χ1v) is 45.5. The summed E-state index contributed by atoms with van der Waals surface area (Å²) in [5.41, 5.74) is 0. The van der Waals surface area contributed by atoms with Crippen molar-refractivity contribution in [1.82, 2.24) is 0 Å². The Balaban J connectivity index is 5.37. The Morgan fingerprint density at radius 1 is 0.269 bits per heavy atom. The summed E-state index contributed by atoms with van der Waals surface area (Å²) in [5.74, 6) is -2.21. The van der Waals surface area contributed by atoms with Crippen LogP contribution < -0.4 is 0 Å². The molecule has 0 rings (SSSR count). The lowest BCUT2D eigenvalue weighted by atomic mass is 10.0. The van der Waals surface area contributed by atoms with E-state index in [0.717, 1.165) is 116 Å². The number of hydrogen-bond donors (Lipinski definition) is 3. The topological polar surface area (TPSA) is 237 Å². The summed E-state index contributed by atoms with van der Waals surface area (Å²) >= 11 is 0. The standard InChI is InChI=1S/C85H156O17P2/c1-5-9-13-17-21-25-29-33-37-39-43-46-50-54-58-62-66-70-83(88)96-76-81(102-85(90)72-68-64-60-56-52-48-44-40-38-34-30-26-22-18-14-10-6-2)78-100-104(93,94)98-74-79(86)73-97-103(91,92)99-77-80(101-84(89)71-67-63-59-55-51-47-42-36-32-28-24-20-16-12-8-4)75-95-82(87)69-65-61-57-53-49-45-41-35-31-27-23-19-15-11-7-3/h21,25,33,35,37,41,43,46,54,58,79-81,86H,5-20,22-24,26-32,34,36,38-40,42,44-45,47-53,55-57,59-78H2,1-4H3,(H,91,92)(H,93,94)/b25-21-,37-33-,41-35-,46-43-,58-54-/t79-,80-,81-/m1/s1. The van der Waals surface area contributed by atoms with Gasteiger partial charge in [0, 0.05) is 25.7 Å². The minimum atomic E-state index is -4.98. The first kappa shape index (κ1) is 101. The van der Waals surface area contributed by atoms with E-state index in [9.17, 15) is 43.2 Å². The second-order valence-electron chi connectivity index (χ2n) is 28.8. The number of carbonyl (C=O) groups is 4. The molecule has 0 radical (unpaired) electrons. The molecule has 0 amide bonds. The first-order chi connectivity index (χ1) is 50.7. The smallest absolute Gasteiger partial charge is 0.462 e. The maximum absolute atomic E-state index is 13.1. The minimum absolute atomic E-state index is 0.0904. The molecule has 0 aromatic carbocycles. The summed E-state index contributed by atoms with van der Waals surface area (Å²) in [6.45, 7) is 4.88. The molecule has 5 atom stereocenters. The Morgan fingerprint density at radius 2 is 0.481 bits per heavy atom. The van der Waals surface area contributed by atoms with Crippen molar-refractivity contribution in [2.24, 2.45) is 0 Å². The van der Waals surface area contributed by atoms with Crippen molar-refractivity contribution < 1.29 is 80.2 Å². The van der Waals surface area contributed by atoms with Gasteiger partial charge in [-0.05, 0) is 89.9 Å². The van der Waals surface area contributed by atoms with Crippen molar-refractivity contribution in [3.8, 4) is 0 Å². The molecule has 0 bridgehead atoms. The molecule has 19 heteroatoms. The van der Waals surface area contributed by atoms with Crippen molar-refractivity contribution in [2.45, 2.75) is 418 Å². The van der Waals surface area contributed by atoms with Crippen LogP contribution in [0.4, 0.5) is 0 Å². The summed E-state index contributed by atoms with van der Waals surface area (Å²) in [4.78, 5) is 73.1. The lowest BCUT2D eigenvalue weighted by Crippen LogP contribution is -2.30. The lowest BCUT2D eigenvalue weighted by Gasteiger charge is -2.21. The van der Waals surface area contributed by atoms with E-state index in [1.807, 2.05) is 12.2 Å². The second-order valence-corrected chi connectivity index (χ2v) is 31.7. The molecular weight excluding hydrogens is 1350 g/mol. The predicted octanol–water partition coefficient (Wildman–Crippen LogP) is 25.0. The molecule has 17 nitrogen and oxygen atoms in total. The normalized spacial score (nSPS) is 14.1. The fraction of sp³-hybridized carbons (Fsp3) is 0.835. The average molecular weight is 1510 g/mol.